The van der Waals surface area contributed by atoms with Crippen LogP contribution < -0.4 is 0 Å². The van der Waals surface area contributed by atoms with E-state index < -0.39 is 0 Å². The van der Waals surface area contributed by atoms with Crippen molar-refractivity contribution in [1.29, 1.82) is 0 Å². The van der Waals surface area contributed by atoms with Crippen LogP contribution in [0.25, 0.3) is 125 Å². The van der Waals surface area contributed by atoms with Crippen LogP contribution in [0.2, 0.25) is 0 Å². The van der Waals surface area contributed by atoms with Crippen LogP contribution in [-0.4, -0.2) is 4.57 Å². The number of para-hydroxylation sites is 2. The van der Waals surface area contributed by atoms with Gasteiger partial charge in [-0.3, -0.25) is 0 Å². The summed E-state index contributed by atoms with van der Waals surface area (Å²) in [4.78, 5) is 0. The van der Waals surface area contributed by atoms with E-state index in [1.807, 2.05) is 0 Å². The maximum atomic E-state index is 2.54. The number of nitrogens with zero attached hydrogens (tertiary/aromatic N) is 1. The highest BCUT2D eigenvalue weighted by molar-refractivity contribution is 6.45. The predicted octanol–water partition coefficient (Wildman–Crippen LogP) is 15.2. The van der Waals surface area contributed by atoms with Gasteiger partial charge >= 0.3 is 0 Å². The molecule has 0 unspecified atom stereocenters. The molecule has 1 aromatic heterocycles. The van der Waals surface area contributed by atoms with Gasteiger partial charge in [0.15, 0.2) is 0 Å². The van der Waals surface area contributed by atoms with Crippen molar-refractivity contribution in [3.8, 4) is 16.8 Å². The maximum Gasteiger partial charge on any atom is 0.0570 e. The smallest absolute Gasteiger partial charge is 0.0570 e. The highest BCUT2D eigenvalue weighted by Gasteiger charge is 2.25. The lowest BCUT2D eigenvalue weighted by molar-refractivity contribution is 1.17. The summed E-state index contributed by atoms with van der Waals surface area (Å²) in [6.45, 7) is 4.57. The van der Waals surface area contributed by atoms with E-state index in [1.54, 1.807) is 0 Å². The first-order valence-electron chi connectivity index (χ1n) is 19.4. The van der Waals surface area contributed by atoms with E-state index in [1.165, 1.54) is 136 Å². The molecule has 0 aliphatic heterocycles. The third kappa shape index (κ3) is 3.68. The fraction of sp³-hybridized carbons (Fsp3) is 0.0370. The van der Waals surface area contributed by atoms with Crippen LogP contribution in [0.1, 0.15) is 11.1 Å². The van der Waals surface area contributed by atoms with Gasteiger partial charge in [-0.15, -0.1) is 0 Å². The minimum Gasteiger partial charge on any atom is -0.308 e. The molecule has 13 rings (SSSR count). The summed E-state index contributed by atoms with van der Waals surface area (Å²) >= 11 is 0. The Morgan fingerprint density at radius 1 is 0.327 bits per heavy atom. The van der Waals surface area contributed by atoms with Gasteiger partial charge in [-0.2, -0.15) is 0 Å². The first kappa shape index (κ1) is 29.5. The first-order valence-corrected chi connectivity index (χ1v) is 19.4. The van der Waals surface area contributed by atoms with Crippen LogP contribution >= 0.6 is 0 Å². The minimum atomic E-state index is 1.25. The van der Waals surface area contributed by atoms with Crippen molar-refractivity contribution >= 4 is 108 Å². The van der Waals surface area contributed by atoms with Crippen molar-refractivity contribution in [3.63, 3.8) is 0 Å². The molecule has 0 fully saturated rings. The first-order chi connectivity index (χ1) is 27.1. The molecule has 0 saturated heterocycles. The molecule has 1 nitrogen and oxygen atoms in total. The van der Waals surface area contributed by atoms with Gasteiger partial charge in [0.1, 0.15) is 0 Å². The second-order valence-corrected chi connectivity index (χ2v) is 15.7. The Morgan fingerprint density at radius 3 is 1.58 bits per heavy atom. The molecule has 0 bridgehead atoms. The molecular formula is C54H33N. The molecule has 0 spiro atoms. The van der Waals surface area contributed by atoms with E-state index in [9.17, 15) is 0 Å². The SMILES string of the molecule is Cc1cc2c(-n3c4ccccc4c4ccccc43)c(C)cc3c4cc5c(-c6ccccc6)c6c7ccccc7c7c8ccccc8cc(c5cc4c(c1)c23)c67. The van der Waals surface area contributed by atoms with Gasteiger partial charge in [0.2, 0.25) is 0 Å². The molecule has 254 valence electrons. The Balaban J connectivity index is 1.26. The van der Waals surface area contributed by atoms with Gasteiger partial charge in [-0.1, -0.05) is 121 Å². The summed E-state index contributed by atoms with van der Waals surface area (Å²) in [6, 6.07) is 61.8. The fourth-order valence-electron chi connectivity index (χ4n) is 10.6. The molecule has 0 atom stereocenters. The molecule has 0 radical (unpaired) electrons. The normalized spacial score (nSPS) is 12.5. The largest absolute Gasteiger partial charge is 0.308 e. The Kier molecular flexibility index (Phi) is 5.56. The van der Waals surface area contributed by atoms with Gasteiger partial charge in [0.05, 0.1) is 16.7 Å². The highest BCUT2D eigenvalue weighted by atomic mass is 15.0. The molecule has 0 aliphatic carbocycles. The second kappa shape index (κ2) is 10.4. The van der Waals surface area contributed by atoms with E-state index in [-0.39, 0.29) is 0 Å². The topological polar surface area (TPSA) is 4.93 Å². The van der Waals surface area contributed by atoms with Crippen molar-refractivity contribution in [2.24, 2.45) is 0 Å². The minimum absolute atomic E-state index is 1.25. The monoisotopic (exact) mass is 695 g/mol. The molecule has 0 aliphatic rings. The van der Waals surface area contributed by atoms with Crippen molar-refractivity contribution in [1.82, 2.24) is 4.57 Å². The van der Waals surface area contributed by atoms with Gasteiger partial charge in [-0.25, -0.2) is 0 Å². The standard InChI is InChI=1S/C54H33N/c1-30-24-42-39-28-41-44-27-33-16-6-7-17-34(33)51-37-20-8-9-21-38(37)52(53(44)51)49(32-14-4-3-5-15-32)45(41)29-40(39)43-26-31(2)54(46(25-30)50(42)43)55-47-22-12-10-18-35(47)36-19-11-13-23-48(36)55/h3-29H,1-2H3. The van der Waals surface area contributed by atoms with Crippen LogP contribution in [0.15, 0.2) is 164 Å². The number of rotatable bonds is 2. The van der Waals surface area contributed by atoms with E-state index in [0.29, 0.717) is 0 Å². The lowest BCUT2D eigenvalue weighted by Gasteiger charge is -2.16. The molecule has 55 heavy (non-hydrogen) atoms. The Bertz CT molecular complexity index is 3720. The van der Waals surface area contributed by atoms with Gasteiger partial charge in [-0.05, 0) is 159 Å². The third-order valence-corrected chi connectivity index (χ3v) is 12.7. The van der Waals surface area contributed by atoms with Gasteiger partial charge in [0, 0.05) is 16.2 Å². The van der Waals surface area contributed by atoms with E-state index in [0.717, 1.165) is 0 Å². The average Bonchev–Trinajstić information content (AvgIpc) is 3.85. The quantitative estimate of drug-likeness (QED) is 0.125. The Morgan fingerprint density at radius 2 is 0.855 bits per heavy atom. The zero-order chi connectivity index (χ0) is 36.1. The predicted molar refractivity (Wildman–Crippen MR) is 238 cm³/mol. The number of benzene rings is 10. The molecule has 0 saturated carbocycles. The van der Waals surface area contributed by atoms with Crippen LogP contribution in [-0.2, 0) is 0 Å². The lowest BCUT2D eigenvalue weighted by atomic mass is 9.87. The second-order valence-electron chi connectivity index (χ2n) is 15.7. The summed E-state index contributed by atoms with van der Waals surface area (Å²) < 4.78 is 2.52. The van der Waals surface area contributed by atoms with Crippen molar-refractivity contribution < 1.29 is 0 Å². The number of aryl methyl sites for hydroxylation is 2. The molecule has 13 aromatic rings. The van der Waals surface area contributed by atoms with E-state index in [4.69, 9.17) is 0 Å². The van der Waals surface area contributed by atoms with Crippen molar-refractivity contribution in [2.45, 2.75) is 13.8 Å². The van der Waals surface area contributed by atoms with Gasteiger partial charge in [0.25, 0.3) is 0 Å². The number of hydrogen-bond acceptors (Lipinski definition) is 0. The van der Waals surface area contributed by atoms with Gasteiger partial charge < -0.3 is 4.57 Å². The van der Waals surface area contributed by atoms with E-state index in [2.05, 4.69) is 182 Å². The highest BCUT2D eigenvalue weighted by Crippen LogP contribution is 2.53. The molecule has 1 heterocycles. The summed E-state index contributed by atoms with van der Waals surface area (Å²) in [5.74, 6) is 0. The number of hydrogen-bond donors (Lipinski definition) is 0. The molecule has 1 heteroatoms. The van der Waals surface area contributed by atoms with Crippen LogP contribution in [0, 0.1) is 13.8 Å². The molecule has 0 amide bonds. The Hall–Kier alpha value is -6.96. The van der Waals surface area contributed by atoms with Crippen LogP contribution in [0.5, 0.6) is 0 Å². The van der Waals surface area contributed by atoms with Crippen molar-refractivity contribution in [3.05, 3.63) is 175 Å². The number of fused-ring (bicyclic) bond motifs is 13. The summed E-state index contributed by atoms with van der Waals surface area (Å²) in [5.41, 5.74) is 8.92. The van der Waals surface area contributed by atoms with Crippen LogP contribution in [0.3, 0.4) is 0 Å². The molecular weight excluding hydrogens is 663 g/mol. The third-order valence-electron chi connectivity index (χ3n) is 12.7. The lowest BCUT2D eigenvalue weighted by Crippen LogP contribution is -1.99. The number of aromatic nitrogens is 1. The Labute approximate surface area is 316 Å². The van der Waals surface area contributed by atoms with E-state index >= 15 is 0 Å². The fourth-order valence-corrected chi connectivity index (χ4v) is 10.6. The van der Waals surface area contributed by atoms with Crippen LogP contribution in [0.4, 0.5) is 0 Å². The zero-order valence-electron chi connectivity index (χ0n) is 30.5. The van der Waals surface area contributed by atoms with Crippen molar-refractivity contribution in [2.75, 3.05) is 0 Å². The maximum absolute atomic E-state index is 2.54. The summed E-state index contributed by atoms with van der Waals surface area (Å²) in [7, 11) is 0. The average molecular weight is 696 g/mol. The molecule has 12 aromatic carbocycles. The zero-order valence-corrected chi connectivity index (χ0v) is 30.5. The summed E-state index contributed by atoms with van der Waals surface area (Å²) in [5, 5.41) is 23.9. The summed E-state index contributed by atoms with van der Waals surface area (Å²) in [6.07, 6.45) is 0. The molecule has 0 N–H and O–H groups in total.